The van der Waals surface area contributed by atoms with Crippen molar-refractivity contribution >= 4 is 5.91 Å². The zero-order valence-corrected chi connectivity index (χ0v) is 7.59. The van der Waals surface area contributed by atoms with Crippen LogP contribution in [0.15, 0.2) is 0 Å². The molecule has 1 aliphatic heterocycles. The van der Waals surface area contributed by atoms with Crippen molar-refractivity contribution in [1.29, 1.82) is 0 Å². The molecule has 0 saturated carbocycles. The van der Waals surface area contributed by atoms with Crippen LogP contribution in [0.4, 0.5) is 0 Å². The zero-order valence-electron chi connectivity index (χ0n) is 7.59. The Morgan fingerprint density at radius 3 is 2.83 bits per heavy atom. The van der Waals surface area contributed by atoms with Crippen LogP contribution >= 0.6 is 0 Å². The third-order valence-electron chi connectivity index (χ3n) is 1.98. The molecule has 0 bridgehead atoms. The van der Waals surface area contributed by atoms with Crippen LogP contribution < -0.4 is 11.1 Å². The average molecular weight is 172 g/mol. The summed E-state index contributed by atoms with van der Waals surface area (Å²) in [4.78, 5) is 10.4. The number of primary amides is 1. The normalized spacial score (nSPS) is 27.3. The van der Waals surface area contributed by atoms with E-state index in [1.165, 1.54) is 0 Å². The highest BCUT2D eigenvalue weighted by atomic mass is 16.5. The second-order valence-electron chi connectivity index (χ2n) is 3.82. The number of carbonyl (C=O) groups excluding carboxylic acids is 1. The number of amides is 1. The van der Waals surface area contributed by atoms with Gasteiger partial charge < -0.3 is 15.8 Å². The van der Waals surface area contributed by atoms with Crippen LogP contribution in [0.5, 0.6) is 0 Å². The summed E-state index contributed by atoms with van der Waals surface area (Å²) in [7, 11) is 0. The minimum atomic E-state index is -0.320. The lowest BCUT2D eigenvalue weighted by atomic mass is 10.0. The number of hydrogen-bond donors (Lipinski definition) is 2. The first-order valence-corrected chi connectivity index (χ1v) is 4.15. The van der Waals surface area contributed by atoms with Crippen molar-refractivity contribution in [1.82, 2.24) is 5.32 Å². The molecule has 1 saturated heterocycles. The van der Waals surface area contributed by atoms with Crippen molar-refractivity contribution in [2.45, 2.75) is 31.9 Å². The number of hydrogen-bond acceptors (Lipinski definition) is 3. The minimum Gasteiger partial charge on any atom is -0.374 e. The molecule has 1 fully saturated rings. The number of carbonyl (C=O) groups is 1. The fraction of sp³-hybridized carbons (Fsp3) is 0.875. The molecule has 12 heavy (non-hydrogen) atoms. The molecule has 4 heteroatoms. The Labute approximate surface area is 72.5 Å². The summed E-state index contributed by atoms with van der Waals surface area (Å²) < 4.78 is 5.47. The maximum atomic E-state index is 10.4. The molecule has 0 aromatic heterocycles. The van der Waals surface area contributed by atoms with Gasteiger partial charge >= 0.3 is 0 Å². The minimum absolute atomic E-state index is 0.0602. The first kappa shape index (κ1) is 9.48. The van der Waals surface area contributed by atoms with E-state index < -0.39 is 0 Å². The molecular weight excluding hydrogens is 156 g/mol. The van der Waals surface area contributed by atoms with Crippen LogP contribution in [0.25, 0.3) is 0 Å². The summed E-state index contributed by atoms with van der Waals surface area (Å²) in [6.07, 6.45) is 0.931. The number of rotatable bonds is 3. The van der Waals surface area contributed by atoms with E-state index in [0.717, 1.165) is 6.42 Å². The molecule has 3 N–H and O–H groups in total. The zero-order chi connectivity index (χ0) is 9.19. The van der Waals surface area contributed by atoms with Gasteiger partial charge in [-0.05, 0) is 20.3 Å². The van der Waals surface area contributed by atoms with E-state index in [9.17, 15) is 4.79 Å². The molecule has 1 atom stereocenters. The lowest BCUT2D eigenvalue weighted by molar-refractivity contribution is -0.117. The van der Waals surface area contributed by atoms with E-state index in [0.29, 0.717) is 6.61 Å². The third kappa shape index (κ3) is 2.79. The molecule has 0 aromatic carbocycles. The van der Waals surface area contributed by atoms with Gasteiger partial charge in [0.15, 0.2) is 0 Å². The van der Waals surface area contributed by atoms with Crippen molar-refractivity contribution in [3.63, 3.8) is 0 Å². The van der Waals surface area contributed by atoms with Gasteiger partial charge in [0.25, 0.3) is 0 Å². The topological polar surface area (TPSA) is 64.3 Å². The number of nitrogens with one attached hydrogen (secondary N) is 1. The van der Waals surface area contributed by atoms with Crippen molar-refractivity contribution in [2.75, 3.05) is 13.2 Å². The maximum absolute atomic E-state index is 10.4. The van der Waals surface area contributed by atoms with Gasteiger partial charge in [0.05, 0.1) is 18.8 Å². The van der Waals surface area contributed by atoms with Crippen molar-refractivity contribution in [3.05, 3.63) is 0 Å². The summed E-state index contributed by atoms with van der Waals surface area (Å²) in [6, 6.07) is 0.271. The van der Waals surface area contributed by atoms with Gasteiger partial charge in [-0.15, -0.1) is 0 Å². The molecular formula is C8H16N2O2. The molecule has 1 rings (SSSR count). The summed E-state index contributed by atoms with van der Waals surface area (Å²) >= 11 is 0. The van der Waals surface area contributed by atoms with Gasteiger partial charge in [0.2, 0.25) is 5.91 Å². The van der Waals surface area contributed by atoms with Crippen LogP contribution in [0, 0.1) is 0 Å². The monoisotopic (exact) mass is 172 g/mol. The van der Waals surface area contributed by atoms with E-state index in [-0.39, 0.29) is 24.1 Å². The van der Waals surface area contributed by atoms with Gasteiger partial charge in [-0.2, -0.15) is 0 Å². The van der Waals surface area contributed by atoms with Gasteiger partial charge in [0.1, 0.15) is 0 Å². The predicted octanol–water partition coefficient (Wildman–Crippen LogP) is -0.371. The highest BCUT2D eigenvalue weighted by Crippen LogP contribution is 2.23. The molecule has 0 spiro atoms. The Morgan fingerprint density at radius 2 is 2.42 bits per heavy atom. The Balaban J connectivity index is 2.24. The Kier molecular flexibility index (Phi) is 2.69. The van der Waals surface area contributed by atoms with Gasteiger partial charge in [-0.3, -0.25) is 4.79 Å². The van der Waals surface area contributed by atoms with E-state index in [1.54, 1.807) is 0 Å². The second kappa shape index (κ2) is 3.41. The molecule has 0 radical (unpaired) electrons. The van der Waals surface area contributed by atoms with Crippen molar-refractivity contribution in [3.8, 4) is 0 Å². The fourth-order valence-corrected chi connectivity index (χ4v) is 1.41. The Hall–Kier alpha value is -0.610. The first-order chi connectivity index (χ1) is 5.49. The average Bonchev–Trinajstić information content (AvgIpc) is 2.26. The van der Waals surface area contributed by atoms with Crippen LogP contribution in [0.3, 0.4) is 0 Å². The highest BCUT2D eigenvalue weighted by molar-refractivity contribution is 5.75. The summed E-state index contributed by atoms with van der Waals surface area (Å²) in [5.74, 6) is -0.320. The maximum Gasteiger partial charge on any atom is 0.231 e. The van der Waals surface area contributed by atoms with Crippen LogP contribution in [-0.4, -0.2) is 30.7 Å². The molecule has 4 nitrogen and oxygen atoms in total. The SMILES string of the molecule is CC1(C)CC(NCC(N)=O)CO1. The van der Waals surface area contributed by atoms with Crippen molar-refractivity contribution < 1.29 is 9.53 Å². The molecule has 0 aliphatic carbocycles. The molecule has 70 valence electrons. The fourth-order valence-electron chi connectivity index (χ4n) is 1.41. The third-order valence-corrected chi connectivity index (χ3v) is 1.98. The molecule has 1 heterocycles. The van der Waals surface area contributed by atoms with Crippen LogP contribution in [0.1, 0.15) is 20.3 Å². The quantitative estimate of drug-likeness (QED) is 0.610. The Bertz CT molecular complexity index is 180. The molecule has 0 aromatic rings. The standard InChI is InChI=1S/C8H16N2O2/c1-8(2)3-6(5-12-8)10-4-7(9)11/h6,10H,3-5H2,1-2H3,(H2,9,11). The van der Waals surface area contributed by atoms with Gasteiger partial charge in [-0.25, -0.2) is 0 Å². The molecule has 1 amide bonds. The first-order valence-electron chi connectivity index (χ1n) is 4.15. The lowest BCUT2D eigenvalue weighted by Crippen LogP contribution is -2.37. The summed E-state index contributed by atoms with van der Waals surface area (Å²) in [6.45, 7) is 4.99. The lowest BCUT2D eigenvalue weighted by Gasteiger charge is -2.15. The highest BCUT2D eigenvalue weighted by Gasteiger charge is 2.31. The molecule has 1 unspecified atom stereocenters. The summed E-state index contributed by atoms with van der Waals surface area (Å²) in [5, 5.41) is 3.04. The predicted molar refractivity (Wildman–Crippen MR) is 45.6 cm³/mol. The van der Waals surface area contributed by atoms with E-state index >= 15 is 0 Å². The molecule has 1 aliphatic rings. The number of nitrogens with two attached hydrogens (primary N) is 1. The largest absolute Gasteiger partial charge is 0.374 e. The van der Waals surface area contributed by atoms with E-state index in [1.807, 2.05) is 13.8 Å². The Morgan fingerprint density at radius 1 is 1.75 bits per heavy atom. The van der Waals surface area contributed by atoms with Crippen LogP contribution in [0.2, 0.25) is 0 Å². The van der Waals surface area contributed by atoms with Gasteiger partial charge in [-0.1, -0.05) is 0 Å². The van der Waals surface area contributed by atoms with Gasteiger partial charge in [0, 0.05) is 6.04 Å². The number of ether oxygens (including phenoxy) is 1. The van der Waals surface area contributed by atoms with E-state index in [2.05, 4.69) is 5.32 Å². The second-order valence-corrected chi connectivity index (χ2v) is 3.82. The van der Waals surface area contributed by atoms with Crippen LogP contribution in [-0.2, 0) is 9.53 Å². The van der Waals surface area contributed by atoms with Crippen molar-refractivity contribution in [2.24, 2.45) is 5.73 Å². The van der Waals surface area contributed by atoms with E-state index in [4.69, 9.17) is 10.5 Å². The summed E-state index contributed by atoms with van der Waals surface area (Å²) in [5.41, 5.74) is 4.94. The smallest absolute Gasteiger partial charge is 0.231 e.